The van der Waals surface area contributed by atoms with E-state index in [4.69, 9.17) is 4.74 Å². The number of nitrogens with zero attached hydrogens (tertiary/aromatic N) is 2. The third-order valence-electron chi connectivity index (χ3n) is 2.84. The van der Waals surface area contributed by atoms with E-state index in [0.717, 1.165) is 5.69 Å². The molecule has 0 spiro atoms. The van der Waals surface area contributed by atoms with Crippen molar-refractivity contribution in [1.82, 2.24) is 9.88 Å². The molecule has 1 amide bonds. The number of ether oxygens (including phenoxy) is 1. The summed E-state index contributed by atoms with van der Waals surface area (Å²) in [5.74, 6) is -0.0714. The van der Waals surface area contributed by atoms with Crippen LogP contribution < -0.4 is 0 Å². The maximum Gasteiger partial charge on any atom is 0.254 e. The number of morpholine rings is 1. The van der Waals surface area contributed by atoms with Crippen LogP contribution in [0.25, 0.3) is 0 Å². The second kappa shape index (κ2) is 5.25. The number of pyridine rings is 1. The zero-order valence-electron chi connectivity index (χ0n) is 9.80. The fraction of sp³-hybridized carbons (Fsp3) is 0.500. The molecule has 0 saturated carbocycles. The topological polar surface area (TPSA) is 62.7 Å². The maximum atomic E-state index is 12.3. The van der Waals surface area contributed by atoms with Crippen LogP contribution in [0, 0.1) is 6.92 Å². The fourth-order valence-corrected chi connectivity index (χ4v) is 1.92. The van der Waals surface area contributed by atoms with E-state index in [9.17, 15) is 9.90 Å². The van der Waals surface area contributed by atoms with Crippen molar-refractivity contribution in [3.05, 3.63) is 29.6 Å². The Hall–Kier alpha value is -1.46. The summed E-state index contributed by atoms with van der Waals surface area (Å²) >= 11 is 0. The molecule has 5 nitrogen and oxygen atoms in total. The zero-order valence-corrected chi connectivity index (χ0v) is 9.80. The summed E-state index contributed by atoms with van der Waals surface area (Å²) in [6.45, 7) is 3.21. The molecule has 1 aliphatic heterocycles. The van der Waals surface area contributed by atoms with E-state index in [0.29, 0.717) is 25.3 Å². The molecule has 5 heteroatoms. The van der Waals surface area contributed by atoms with Crippen LogP contribution in [0.5, 0.6) is 0 Å². The molecule has 1 aromatic rings. The summed E-state index contributed by atoms with van der Waals surface area (Å²) in [5.41, 5.74) is 1.42. The quantitative estimate of drug-likeness (QED) is 0.798. The molecular formula is C12H16N2O3. The van der Waals surface area contributed by atoms with Gasteiger partial charge in [0.1, 0.15) is 0 Å². The molecule has 1 atom stereocenters. The highest BCUT2D eigenvalue weighted by Crippen LogP contribution is 2.12. The minimum absolute atomic E-state index is 0.0714. The Bertz CT molecular complexity index is 408. The number of rotatable bonds is 2. The highest BCUT2D eigenvalue weighted by atomic mass is 16.5. The second-order valence-electron chi connectivity index (χ2n) is 4.10. The smallest absolute Gasteiger partial charge is 0.254 e. The first-order valence-corrected chi connectivity index (χ1v) is 5.64. The van der Waals surface area contributed by atoms with E-state index in [1.165, 1.54) is 0 Å². The SMILES string of the molecule is Cc1cc(C(=O)N2CCOCC2CO)ccn1. The summed E-state index contributed by atoms with van der Waals surface area (Å²) < 4.78 is 5.25. The lowest BCUT2D eigenvalue weighted by Gasteiger charge is -2.34. The second-order valence-corrected chi connectivity index (χ2v) is 4.10. The fourth-order valence-electron chi connectivity index (χ4n) is 1.92. The highest BCUT2D eigenvalue weighted by Gasteiger charge is 2.27. The van der Waals surface area contributed by atoms with Gasteiger partial charge in [-0.2, -0.15) is 0 Å². The van der Waals surface area contributed by atoms with E-state index < -0.39 is 0 Å². The van der Waals surface area contributed by atoms with Gasteiger partial charge in [0.2, 0.25) is 0 Å². The van der Waals surface area contributed by atoms with Crippen LogP contribution in [-0.2, 0) is 4.74 Å². The first kappa shape index (κ1) is 12.0. The lowest BCUT2D eigenvalue weighted by atomic mass is 10.1. The van der Waals surface area contributed by atoms with Gasteiger partial charge in [0.25, 0.3) is 5.91 Å². The minimum Gasteiger partial charge on any atom is -0.394 e. The summed E-state index contributed by atoms with van der Waals surface area (Å²) in [7, 11) is 0. The Kier molecular flexibility index (Phi) is 3.71. The lowest BCUT2D eigenvalue weighted by Crippen LogP contribution is -2.50. The summed E-state index contributed by atoms with van der Waals surface area (Å²) in [6, 6.07) is 3.20. The number of aryl methyl sites for hydroxylation is 1. The third kappa shape index (κ3) is 2.62. The maximum absolute atomic E-state index is 12.3. The van der Waals surface area contributed by atoms with Gasteiger partial charge in [-0.3, -0.25) is 9.78 Å². The standard InChI is InChI=1S/C12H16N2O3/c1-9-6-10(2-3-13-9)12(16)14-4-5-17-8-11(14)7-15/h2-3,6,11,15H,4-5,7-8H2,1H3. The molecule has 0 aliphatic carbocycles. The van der Waals surface area contributed by atoms with Gasteiger partial charge in [0, 0.05) is 24.0 Å². The van der Waals surface area contributed by atoms with E-state index in [-0.39, 0.29) is 18.6 Å². The van der Waals surface area contributed by atoms with Gasteiger partial charge in [-0.15, -0.1) is 0 Å². The van der Waals surface area contributed by atoms with Crippen LogP contribution >= 0.6 is 0 Å². The van der Waals surface area contributed by atoms with Gasteiger partial charge in [0.05, 0.1) is 25.9 Å². The number of aliphatic hydroxyl groups is 1. The van der Waals surface area contributed by atoms with Gasteiger partial charge in [0.15, 0.2) is 0 Å². The molecule has 1 N–H and O–H groups in total. The average molecular weight is 236 g/mol. The normalized spacial score (nSPS) is 20.4. The molecule has 0 bridgehead atoms. The largest absolute Gasteiger partial charge is 0.394 e. The van der Waals surface area contributed by atoms with Gasteiger partial charge >= 0.3 is 0 Å². The first-order chi connectivity index (χ1) is 8.22. The Morgan fingerprint density at radius 1 is 1.71 bits per heavy atom. The Morgan fingerprint density at radius 3 is 3.24 bits per heavy atom. The molecule has 2 heterocycles. The van der Waals surface area contributed by atoms with Gasteiger partial charge in [-0.05, 0) is 19.1 Å². The number of aliphatic hydroxyl groups excluding tert-OH is 1. The van der Waals surface area contributed by atoms with Crippen molar-refractivity contribution < 1.29 is 14.6 Å². The van der Waals surface area contributed by atoms with Crippen molar-refractivity contribution in [2.75, 3.05) is 26.4 Å². The summed E-state index contributed by atoms with van der Waals surface area (Å²) in [4.78, 5) is 18.0. The molecule has 1 aliphatic rings. The van der Waals surface area contributed by atoms with E-state index in [1.54, 1.807) is 23.2 Å². The zero-order chi connectivity index (χ0) is 12.3. The molecule has 1 fully saturated rings. The van der Waals surface area contributed by atoms with Crippen LogP contribution in [0.1, 0.15) is 16.1 Å². The van der Waals surface area contributed by atoms with Gasteiger partial charge < -0.3 is 14.7 Å². The van der Waals surface area contributed by atoms with Crippen LogP contribution in [-0.4, -0.2) is 53.3 Å². The number of carbonyl (C=O) groups excluding carboxylic acids is 1. The van der Waals surface area contributed by atoms with Crippen molar-refractivity contribution in [3.8, 4) is 0 Å². The average Bonchev–Trinajstić information content (AvgIpc) is 2.38. The molecule has 17 heavy (non-hydrogen) atoms. The predicted octanol–water partition coefficient (Wildman–Crippen LogP) is 0.223. The molecule has 0 aromatic carbocycles. The first-order valence-electron chi connectivity index (χ1n) is 5.64. The number of hydrogen-bond acceptors (Lipinski definition) is 4. The lowest BCUT2D eigenvalue weighted by molar-refractivity contribution is -0.0184. The predicted molar refractivity (Wildman–Crippen MR) is 61.7 cm³/mol. The summed E-state index contributed by atoms with van der Waals surface area (Å²) in [6.07, 6.45) is 1.62. The van der Waals surface area contributed by atoms with Crippen molar-refractivity contribution >= 4 is 5.91 Å². The molecule has 0 radical (unpaired) electrons. The summed E-state index contributed by atoms with van der Waals surface area (Å²) in [5, 5.41) is 9.23. The number of amides is 1. The third-order valence-corrected chi connectivity index (χ3v) is 2.84. The van der Waals surface area contributed by atoms with Gasteiger partial charge in [-0.1, -0.05) is 0 Å². The van der Waals surface area contributed by atoms with Crippen molar-refractivity contribution in [2.24, 2.45) is 0 Å². The van der Waals surface area contributed by atoms with Crippen LogP contribution in [0.2, 0.25) is 0 Å². The molecular weight excluding hydrogens is 220 g/mol. The molecule has 92 valence electrons. The minimum atomic E-state index is -0.246. The number of hydrogen-bond donors (Lipinski definition) is 1. The molecule has 1 saturated heterocycles. The van der Waals surface area contributed by atoms with Crippen molar-refractivity contribution in [1.29, 1.82) is 0 Å². The monoisotopic (exact) mass is 236 g/mol. The van der Waals surface area contributed by atoms with Crippen LogP contribution in [0.15, 0.2) is 18.3 Å². The van der Waals surface area contributed by atoms with Crippen LogP contribution in [0.3, 0.4) is 0 Å². The Balaban J connectivity index is 2.18. The molecule has 1 aromatic heterocycles. The molecule has 1 unspecified atom stereocenters. The van der Waals surface area contributed by atoms with Crippen molar-refractivity contribution in [3.63, 3.8) is 0 Å². The van der Waals surface area contributed by atoms with Crippen LogP contribution in [0.4, 0.5) is 0 Å². The Morgan fingerprint density at radius 2 is 2.53 bits per heavy atom. The highest BCUT2D eigenvalue weighted by molar-refractivity contribution is 5.94. The van der Waals surface area contributed by atoms with E-state index in [2.05, 4.69) is 4.98 Å². The van der Waals surface area contributed by atoms with E-state index in [1.807, 2.05) is 6.92 Å². The van der Waals surface area contributed by atoms with E-state index >= 15 is 0 Å². The number of aromatic nitrogens is 1. The Labute approximate surface area is 100 Å². The van der Waals surface area contributed by atoms with Gasteiger partial charge in [-0.25, -0.2) is 0 Å². The number of carbonyl (C=O) groups is 1. The molecule has 2 rings (SSSR count). The van der Waals surface area contributed by atoms with Crippen molar-refractivity contribution in [2.45, 2.75) is 13.0 Å².